The first-order chi connectivity index (χ1) is 14.4. The standard InChI is InChI=1S/C24H25ClN2O3/c1-4-30-24(29)22-16(2)21(26-17(22)3)15-27(14-18-10-6-5-7-11-18)23(28)19-12-8-9-13-20(19)25/h5-13,26H,4,14-15H2,1-3H3. The van der Waals surface area contributed by atoms with Crippen LogP contribution in [0.25, 0.3) is 0 Å². The highest BCUT2D eigenvalue weighted by Gasteiger charge is 2.24. The number of benzene rings is 2. The summed E-state index contributed by atoms with van der Waals surface area (Å²) in [6, 6.07) is 16.8. The van der Waals surface area contributed by atoms with Gasteiger partial charge < -0.3 is 14.6 Å². The molecule has 0 aliphatic carbocycles. The van der Waals surface area contributed by atoms with Gasteiger partial charge in [0.05, 0.1) is 29.3 Å². The third-order valence-electron chi connectivity index (χ3n) is 4.98. The molecular formula is C24H25ClN2O3. The number of hydrogen-bond donors (Lipinski definition) is 1. The van der Waals surface area contributed by atoms with Crippen LogP contribution in [0.5, 0.6) is 0 Å². The van der Waals surface area contributed by atoms with Gasteiger partial charge in [0.1, 0.15) is 0 Å². The molecule has 1 N–H and O–H groups in total. The molecule has 0 saturated carbocycles. The van der Waals surface area contributed by atoms with Crippen molar-refractivity contribution < 1.29 is 14.3 Å². The normalized spacial score (nSPS) is 10.7. The van der Waals surface area contributed by atoms with Gasteiger partial charge in [-0.1, -0.05) is 54.1 Å². The summed E-state index contributed by atoms with van der Waals surface area (Å²) < 4.78 is 5.18. The summed E-state index contributed by atoms with van der Waals surface area (Å²) >= 11 is 6.29. The molecule has 156 valence electrons. The van der Waals surface area contributed by atoms with Gasteiger partial charge in [0.2, 0.25) is 0 Å². The number of aromatic amines is 1. The average Bonchev–Trinajstić information content (AvgIpc) is 3.01. The lowest BCUT2D eigenvalue weighted by Gasteiger charge is -2.23. The predicted octanol–water partition coefficient (Wildman–Crippen LogP) is 5.30. The molecule has 0 unspecified atom stereocenters. The fourth-order valence-electron chi connectivity index (χ4n) is 3.48. The van der Waals surface area contributed by atoms with Crippen LogP contribution in [0.4, 0.5) is 0 Å². The fourth-order valence-corrected chi connectivity index (χ4v) is 3.70. The second-order valence-electron chi connectivity index (χ2n) is 7.08. The Morgan fingerprint density at radius 3 is 2.33 bits per heavy atom. The molecule has 1 aromatic heterocycles. The van der Waals surface area contributed by atoms with E-state index >= 15 is 0 Å². The molecule has 0 spiro atoms. The number of H-pyrrole nitrogens is 1. The van der Waals surface area contributed by atoms with Crippen molar-refractivity contribution in [2.24, 2.45) is 0 Å². The van der Waals surface area contributed by atoms with Crippen LogP contribution in [0, 0.1) is 13.8 Å². The smallest absolute Gasteiger partial charge is 0.340 e. The quantitative estimate of drug-likeness (QED) is 0.523. The molecule has 1 heterocycles. The van der Waals surface area contributed by atoms with Crippen molar-refractivity contribution in [3.8, 4) is 0 Å². The lowest BCUT2D eigenvalue weighted by Crippen LogP contribution is -2.30. The van der Waals surface area contributed by atoms with Crippen LogP contribution in [0.3, 0.4) is 0 Å². The number of nitrogens with one attached hydrogen (secondary N) is 1. The van der Waals surface area contributed by atoms with Crippen LogP contribution in [0.2, 0.25) is 5.02 Å². The highest BCUT2D eigenvalue weighted by Crippen LogP contribution is 2.24. The van der Waals surface area contributed by atoms with E-state index in [4.69, 9.17) is 16.3 Å². The van der Waals surface area contributed by atoms with Crippen molar-refractivity contribution in [2.45, 2.75) is 33.9 Å². The molecular weight excluding hydrogens is 400 g/mol. The van der Waals surface area contributed by atoms with E-state index in [1.54, 1.807) is 36.1 Å². The second-order valence-corrected chi connectivity index (χ2v) is 7.48. The molecule has 0 aliphatic rings. The molecule has 30 heavy (non-hydrogen) atoms. The zero-order chi connectivity index (χ0) is 21.7. The number of amides is 1. The van der Waals surface area contributed by atoms with E-state index < -0.39 is 0 Å². The van der Waals surface area contributed by atoms with Crippen LogP contribution in [-0.2, 0) is 17.8 Å². The molecule has 0 bridgehead atoms. The zero-order valence-corrected chi connectivity index (χ0v) is 18.1. The van der Waals surface area contributed by atoms with Crippen LogP contribution < -0.4 is 0 Å². The van der Waals surface area contributed by atoms with E-state index in [1.165, 1.54) is 0 Å². The summed E-state index contributed by atoms with van der Waals surface area (Å²) in [5.74, 6) is -0.532. The van der Waals surface area contributed by atoms with Crippen molar-refractivity contribution in [1.82, 2.24) is 9.88 Å². The molecule has 3 rings (SSSR count). The number of ether oxygens (including phenoxy) is 1. The van der Waals surface area contributed by atoms with Gasteiger partial charge in [-0.15, -0.1) is 0 Å². The maximum atomic E-state index is 13.3. The minimum Gasteiger partial charge on any atom is -0.462 e. The third kappa shape index (κ3) is 4.74. The monoisotopic (exact) mass is 424 g/mol. The Balaban J connectivity index is 1.95. The number of halogens is 1. The molecule has 0 aliphatic heterocycles. The van der Waals surface area contributed by atoms with Gasteiger partial charge in [-0.2, -0.15) is 0 Å². The maximum absolute atomic E-state index is 13.3. The molecule has 0 fully saturated rings. The van der Waals surface area contributed by atoms with E-state index in [0.29, 0.717) is 35.8 Å². The first-order valence-corrected chi connectivity index (χ1v) is 10.2. The largest absolute Gasteiger partial charge is 0.462 e. The van der Waals surface area contributed by atoms with Gasteiger partial charge in [0.15, 0.2) is 0 Å². The van der Waals surface area contributed by atoms with E-state index in [2.05, 4.69) is 4.98 Å². The minimum absolute atomic E-state index is 0.172. The lowest BCUT2D eigenvalue weighted by molar-refractivity contribution is 0.0525. The fraction of sp³-hybridized carbons (Fsp3) is 0.250. The number of aryl methyl sites for hydroxylation is 1. The molecule has 0 atom stereocenters. The summed E-state index contributed by atoms with van der Waals surface area (Å²) in [6.07, 6.45) is 0. The van der Waals surface area contributed by atoms with Crippen molar-refractivity contribution in [2.75, 3.05) is 6.61 Å². The number of hydrogen-bond acceptors (Lipinski definition) is 3. The number of rotatable bonds is 7. The summed E-state index contributed by atoms with van der Waals surface area (Å²) in [5.41, 5.74) is 4.29. The average molecular weight is 425 g/mol. The summed E-state index contributed by atoms with van der Waals surface area (Å²) in [4.78, 5) is 30.7. The van der Waals surface area contributed by atoms with Crippen LogP contribution in [0.1, 0.15) is 50.2 Å². The summed E-state index contributed by atoms with van der Waals surface area (Å²) in [5, 5.41) is 0.409. The van der Waals surface area contributed by atoms with Crippen molar-refractivity contribution in [3.63, 3.8) is 0 Å². The molecule has 5 nitrogen and oxygen atoms in total. The highest BCUT2D eigenvalue weighted by atomic mass is 35.5. The van der Waals surface area contributed by atoms with Gasteiger partial charge in [0.25, 0.3) is 5.91 Å². The van der Waals surface area contributed by atoms with E-state index in [-0.39, 0.29) is 11.9 Å². The van der Waals surface area contributed by atoms with Gasteiger partial charge in [-0.25, -0.2) is 4.79 Å². The topological polar surface area (TPSA) is 62.4 Å². The van der Waals surface area contributed by atoms with Crippen LogP contribution >= 0.6 is 11.6 Å². The Bertz CT molecular complexity index is 1040. The van der Waals surface area contributed by atoms with Crippen molar-refractivity contribution in [1.29, 1.82) is 0 Å². The molecule has 2 aromatic carbocycles. The maximum Gasteiger partial charge on any atom is 0.340 e. The highest BCUT2D eigenvalue weighted by molar-refractivity contribution is 6.33. The van der Waals surface area contributed by atoms with Crippen LogP contribution in [0.15, 0.2) is 54.6 Å². The van der Waals surface area contributed by atoms with Crippen LogP contribution in [-0.4, -0.2) is 28.4 Å². The van der Waals surface area contributed by atoms with Gasteiger partial charge in [-0.3, -0.25) is 4.79 Å². The Morgan fingerprint density at radius 1 is 1.00 bits per heavy atom. The number of nitrogens with zero attached hydrogens (tertiary/aromatic N) is 1. The number of esters is 1. The predicted molar refractivity (Wildman–Crippen MR) is 118 cm³/mol. The van der Waals surface area contributed by atoms with Crippen molar-refractivity contribution in [3.05, 3.63) is 93.3 Å². The number of carbonyl (C=O) groups excluding carboxylic acids is 2. The molecule has 0 saturated heterocycles. The van der Waals surface area contributed by atoms with Gasteiger partial charge in [0, 0.05) is 17.9 Å². The number of carbonyl (C=O) groups is 2. The summed E-state index contributed by atoms with van der Waals surface area (Å²) in [6.45, 7) is 6.51. The summed E-state index contributed by atoms with van der Waals surface area (Å²) in [7, 11) is 0. The first kappa shape index (κ1) is 21.7. The molecule has 0 radical (unpaired) electrons. The van der Waals surface area contributed by atoms with Crippen molar-refractivity contribution >= 4 is 23.5 Å². The minimum atomic E-state index is -0.359. The second kappa shape index (κ2) is 9.63. The molecule has 1 amide bonds. The Kier molecular flexibility index (Phi) is 6.95. The third-order valence-corrected chi connectivity index (χ3v) is 5.31. The van der Waals surface area contributed by atoms with Gasteiger partial charge in [-0.05, 0) is 44.0 Å². The lowest BCUT2D eigenvalue weighted by atomic mass is 10.1. The molecule has 6 heteroatoms. The Morgan fingerprint density at radius 2 is 1.67 bits per heavy atom. The number of aromatic nitrogens is 1. The molecule has 3 aromatic rings. The Hall–Kier alpha value is -3.05. The zero-order valence-electron chi connectivity index (χ0n) is 17.4. The van der Waals surface area contributed by atoms with E-state index in [9.17, 15) is 9.59 Å². The van der Waals surface area contributed by atoms with E-state index in [1.807, 2.05) is 44.2 Å². The first-order valence-electron chi connectivity index (χ1n) is 9.85. The van der Waals surface area contributed by atoms with E-state index in [0.717, 1.165) is 22.5 Å². The SMILES string of the molecule is CCOC(=O)c1c(C)[nH]c(CN(Cc2ccccc2)C(=O)c2ccccc2Cl)c1C. The van der Waals surface area contributed by atoms with Gasteiger partial charge >= 0.3 is 5.97 Å². The Labute approximate surface area is 181 Å².